The first kappa shape index (κ1) is 14.6. The van der Waals surface area contributed by atoms with E-state index in [1.807, 2.05) is 6.07 Å². The van der Waals surface area contributed by atoms with Gasteiger partial charge in [0, 0.05) is 11.6 Å². The van der Waals surface area contributed by atoms with Gasteiger partial charge in [0.05, 0.1) is 0 Å². The zero-order valence-electron chi connectivity index (χ0n) is 13.0. The van der Waals surface area contributed by atoms with Crippen LogP contribution < -0.4 is 5.32 Å². The van der Waals surface area contributed by atoms with Crippen LogP contribution in [0.3, 0.4) is 0 Å². The Morgan fingerprint density at radius 2 is 1.52 bits per heavy atom. The van der Waals surface area contributed by atoms with Crippen molar-refractivity contribution in [2.24, 2.45) is 0 Å². The van der Waals surface area contributed by atoms with Crippen LogP contribution in [-0.4, -0.2) is 11.9 Å². The van der Waals surface area contributed by atoms with Crippen molar-refractivity contribution in [1.82, 2.24) is 5.32 Å². The molecule has 0 bridgehead atoms. The van der Waals surface area contributed by atoms with Gasteiger partial charge >= 0.3 is 0 Å². The highest BCUT2D eigenvalue weighted by molar-refractivity contribution is 5.94. The molecule has 2 nitrogen and oxygen atoms in total. The molecule has 0 spiro atoms. The number of carbonyl (C=O) groups excluding carboxylic acids is 1. The summed E-state index contributed by atoms with van der Waals surface area (Å²) < 4.78 is 0. The Morgan fingerprint density at radius 3 is 2.29 bits per heavy atom. The van der Waals surface area contributed by atoms with Crippen molar-refractivity contribution in [3.63, 3.8) is 0 Å². The van der Waals surface area contributed by atoms with Crippen molar-refractivity contribution in [2.45, 2.75) is 76.7 Å². The highest BCUT2D eigenvalue weighted by Gasteiger charge is 2.17. The van der Waals surface area contributed by atoms with Gasteiger partial charge in [-0.3, -0.25) is 4.79 Å². The molecule has 114 valence electrons. The molecule has 2 aliphatic carbocycles. The van der Waals surface area contributed by atoms with E-state index in [1.165, 1.54) is 62.5 Å². The Kier molecular flexibility index (Phi) is 4.95. The monoisotopic (exact) mass is 285 g/mol. The predicted molar refractivity (Wildman–Crippen MR) is 86.7 cm³/mol. The molecule has 0 saturated heterocycles. The third kappa shape index (κ3) is 3.87. The molecule has 0 aliphatic heterocycles. The lowest BCUT2D eigenvalue weighted by atomic mass is 9.90. The Hall–Kier alpha value is -1.31. The lowest BCUT2D eigenvalue weighted by Gasteiger charge is -2.22. The number of nitrogens with one attached hydrogen (secondary N) is 1. The number of aryl methyl sites for hydroxylation is 2. The van der Waals surface area contributed by atoms with E-state index in [9.17, 15) is 4.79 Å². The average Bonchev–Trinajstić information content (AvgIpc) is 2.49. The van der Waals surface area contributed by atoms with E-state index in [-0.39, 0.29) is 5.91 Å². The van der Waals surface area contributed by atoms with Gasteiger partial charge in [-0.15, -0.1) is 0 Å². The Labute approximate surface area is 128 Å². The number of hydrogen-bond donors (Lipinski definition) is 1. The van der Waals surface area contributed by atoms with Gasteiger partial charge in [-0.05, 0) is 61.8 Å². The molecule has 3 rings (SSSR count). The lowest BCUT2D eigenvalue weighted by molar-refractivity contribution is 0.0930. The number of rotatable bonds is 2. The average molecular weight is 285 g/mol. The first-order valence-electron chi connectivity index (χ1n) is 8.75. The van der Waals surface area contributed by atoms with Crippen LogP contribution in [0.2, 0.25) is 0 Å². The van der Waals surface area contributed by atoms with Crippen LogP contribution >= 0.6 is 0 Å². The van der Waals surface area contributed by atoms with Crippen LogP contribution in [0, 0.1) is 0 Å². The largest absolute Gasteiger partial charge is 0.349 e. The minimum absolute atomic E-state index is 0.133. The molecule has 1 N–H and O–H groups in total. The van der Waals surface area contributed by atoms with E-state index >= 15 is 0 Å². The van der Waals surface area contributed by atoms with Crippen molar-refractivity contribution in [2.75, 3.05) is 0 Å². The molecule has 0 unspecified atom stereocenters. The van der Waals surface area contributed by atoms with Gasteiger partial charge in [-0.25, -0.2) is 0 Å². The number of fused-ring (bicyclic) bond motifs is 1. The van der Waals surface area contributed by atoms with Gasteiger partial charge < -0.3 is 5.32 Å². The molecule has 0 atom stereocenters. The van der Waals surface area contributed by atoms with Gasteiger partial charge in [0.25, 0.3) is 5.91 Å². The molecule has 1 saturated carbocycles. The third-order valence-electron chi connectivity index (χ3n) is 5.05. The topological polar surface area (TPSA) is 29.1 Å². The second-order valence-corrected chi connectivity index (χ2v) is 6.71. The van der Waals surface area contributed by atoms with Crippen molar-refractivity contribution in [1.29, 1.82) is 0 Å². The van der Waals surface area contributed by atoms with Gasteiger partial charge in [-0.1, -0.05) is 38.2 Å². The van der Waals surface area contributed by atoms with Gasteiger partial charge in [0.1, 0.15) is 0 Å². The molecule has 1 amide bonds. The maximum atomic E-state index is 12.5. The van der Waals surface area contributed by atoms with Gasteiger partial charge in [-0.2, -0.15) is 0 Å². The Morgan fingerprint density at radius 1 is 0.857 bits per heavy atom. The van der Waals surface area contributed by atoms with Crippen LogP contribution in [-0.2, 0) is 12.8 Å². The maximum Gasteiger partial charge on any atom is 0.251 e. The summed E-state index contributed by atoms with van der Waals surface area (Å²) in [4.78, 5) is 12.5. The highest BCUT2D eigenvalue weighted by atomic mass is 16.1. The van der Waals surface area contributed by atoms with E-state index < -0.39 is 0 Å². The SMILES string of the molecule is O=C(NC1CCCCCCC1)c1ccc2c(c1)CCCC2. The zero-order valence-corrected chi connectivity index (χ0v) is 13.0. The summed E-state index contributed by atoms with van der Waals surface area (Å²) in [5.74, 6) is 0.133. The van der Waals surface area contributed by atoms with Crippen molar-refractivity contribution in [3.8, 4) is 0 Å². The second-order valence-electron chi connectivity index (χ2n) is 6.71. The fourth-order valence-corrected chi connectivity index (χ4v) is 3.74. The summed E-state index contributed by atoms with van der Waals surface area (Å²) in [6.45, 7) is 0. The maximum absolute atomic E-state index is 12.5. The standard InChI is InChI=1S/C19H27NO/c21-19(20-18-10-4-2-1-3-5-11-18)17-13-12-15-8-6-7-9-16(15)14-17/h12-14,18H,1-11H2,(H,20,21). The van der Waals surface area contributed by atoms with E-state index in [2.05, 4.69) is 17.4 Å². The van der Waals surface area contributed by atoms with E-state index in [0.717, 1.165) is 24.8 Å². The first-order valence-corrected chi connectivity index (χ1v) is 8.75. The molecule has 0 heterocycles. The van der Waals surface area contributed by atoms with Crippen molar-refractivity contribution < 1.29 is 4.79 Å². The summed E-state index contributed by atoms with van der Waals surface area (Å²) in [7, 11) is 0. The summed E-state index contributed by atoms with van der Waals surface area (Å²) in [5, 5.41) is 3.27. The summed E-state index contributed by atoms with van der Waals surface area (Å²) in [5.41, 5.74) is 3.70. The molecule has 1 fully saturated rings. The molecule has 1 aromatic carbocycles. The number of hydrogen-bond acceptors (Lipinski definition) is 1. The predicted octanol–water partition coefficient (Wildman–Crippen LogP) is 4.41. The minimum atomic E-state index is 0.133. The van der Waals surface area contributed by atoms with Crippen molar-refractivity contribution in [3.05, 3.63) is 34.9 Å². The van der Waals surface area contributed by atoms with Crippen LogP contribution in [0.5, 0.6) is 0 Å². The van der Waals surface area contributed by atoms with E-state index in [4.69, 9.17) is 0 Å². The van der Waals surface area contributed by atoms with Crippen LogP contribution in [0.4, 0.5) is 0 Å². The molecule has 0 aromatic heterocycles. The molecule has 2 heteroatoms. The smallest absolute Gasteiger partial charge is 0.251 e. The van der Waals surface area contributed by atoms with Crippen LogP contribution in [0.15, 0.2) is 18.2 Å². The number of benzene rings is 1. The second kappa shape index (κ2) is 7.11. The zero-order chi connectivity index (χ0) is 14.5. The fraction of sp³-hybridized carbons (Fsp3) is 0.632. The number of carbonyl (C=O) groups is 1. The lowest BCUT2D eigenvalue weighted by Crippen LogP contribution is -2.35. The molecule has 0 radical (unpaired) electrons. The Bertz CT molecular complexity index is 486. The number of amides is 1. The van der Waals surface area contributed by atoms with Crippen LogP contribution in [0.25, 0.3) is 0 Å². The van der Waals surface area contributed by atoms with Crippen LogP contribution in [0.1, 0.15) is 79.3 Å². The molecule has 21 heavy (non-hydrogen) atoms. The normalized spacial score (nSPS) is 20.2. The third-order valence-corrected chi connectivity index (χ3v) is 5.05. The van der Waals surface area contributed by atoms with E-state index in [0.29, 0.717) is 6.04 Å². The molecular weight excluding hydrogens is 258 g/mol. The van der Waals surface area contributed by atoms with Crippen molar-refractivity contribution >= 4 is 5.91 Å². The van der Waals surface area contributed by atoms with Gasteiger partial charge in [0.15, 0.2) is 0 Å². The summed E-state index contributed by atoms with van der Waals surface area (Å²) >= 11 is 0. The van der Waals surface area contributed by atoms with Gasteiger partial charge in [0.2, 0.25) is 0 Å². The Balaban J connectivity index is 1.64. The summed E-state index contributed by atoms with van der Waals surface area (Å²) in [6.07, 6.45) is 13.7. The highest BCUT2D eigenvalue weighted by Crippen LogP contribution is 2.23. The first-order chi connectivity index (χ1) is 10.3. The fourth-order valence-electron chi connectivity index (χ4n) is 3.74. The molecule has 1 aromatic rings. The molecular formula is C19H27NO. The summed E-state index contributed by atoms with van der Waals surface area (Å²) in [6, 6.07) is 6.70. The molecule has 2 aliphatic rings. The van der Waals surface area contributed by atoms with E-state index in [1.54, 1.807) is 0 Å². The quantitative estimate of drug-likeness (QED) is 0.857. The minimum Gasteiger partial charge on any atom is -0.349 e.